The van der Waals surface area contributed by atoms with Gasteiger partial charge in [-0.15, -0.1) is 0 Å². The molecular formula is C12H25NO. The SMILES string of the molecule is CCCC(NCC)C1CCOC(C)C1. The van der Waals surface area contributed by atoms with E-state index >= 15 is 0 Å². The number of nitrogens with one attached hydrogen (secondary N) is 1. The molecule has 14 heavy (non-hydrogen) atoms. The number of hydrogen-bond acceptors (Lipinski definition) is 2. The Labute approximate surface area is 88.4 Å². The van der Waals surface area contributed by atoms with Gasteiger partial charge in [0.15, 0.2) is 0 Å². The highest BCUT2D eigenvalue weighted by Crippen LogP contribution is 2.25. The first kappa shape index (κ1) is 12.0. The van der Waals surface area contributed by atoms with Crippen LogP contribution in [0.25, 0.3) is 0 Å². The fourth-order valence-electron chi connectivity index (χ4n) is 2.48. The number of rotatable bonds is 5. The average molecular weight is 199 g/mol. The van der Waals surface area contributed by atoms with Crippen LogP contribution >= 0.6 is 0 Å². The van der Waals surface area contributed by atoms with E-state index in [1.54, 1.807) is 0 Å². The summed E-state index contributed by atoms with van der Waals surface area (Å²) in [6, 6.07) is 0.719. The topological polar surface area (TPSA) is 21.3 Å². The second kappa shape index (κ2) is 6.41. The minimum absolute atomic E-state index is 0.465. The van der Waals surface area contributed by atoms with Gasteiger partial charge in [-0.25, -0.2) is 0 Å². The molecule has 3 atom stereocenters. The summed E-state index contributed by atoms with van der Waals surface area (Å²) >= 11 is 0. The second-order valence-electron chi connectivity index (χ2n) is 4.42. The van der Waals surface area contributed by atoms with Crippen LogP contribution in [0.5, 0.6) is 0 Å². The smallest absolute Gasteiger partial charge is 0.0550 e. The van der Waals surface area contributed by atoms with Crippen molar-refractivity contribution in [2.24, 2.45) is 5.92 Å². The van der Waals surface area contributed by atoms with E-state index in [0.717, 1.165) is 25.1 Å². The lowest BCUT2D eigenvalue weighted by Gasteiger charge is -2.33. The zero-order valence-corrected chi connectivity index (χ0v) is 9.88. The Kier molecular flexibility index (Phi) is 5.49. The summed E-state index contributed by atoms with van der Waals surface area (Å²) < 4.78 is 5.59. The summed E-state index contributed by atoms with van der Waals surface area (Å²) in [4.78, 5) is 0. The predicted molar refractivity (Wildman–Crippen MR) is 60.5 cm³/mol. The molecule has 0 bridgehead atoms. The molecule has 0 aromatic rings. The zero-order chi connectivity index (χ0) is 10.4. The van der Waals surface area contributed by atoms with E-state index in [4.69, 9.17) is 4.74 Å². The lowest BCUT2D eigenvalue weighted by molar-refractivity contribution is -0.00695. The van der Waals surface area contributed by atoms with Crippen molar-refractivity contribution in [1.29, 1.82) is 0 Å². The van der Waals surface area contributed by atoms with Crippen molar-refractivity contribution in [3.8, 4) is 0 Å². The molecule has 1 fully saturated rings. The van der Waals surface area contributed by atoms with Crippen LogP contribution < -0.4 is 5.32 Å². The van der Waals surface area contributed by atoms with E-state index in [0.29, 0.717) is 6.10 Å². The molecule has 0 spiro atoms. The Balaban J connectivity index is 2.39. The van der Waals surface area contributed by atoms with Gasteiger partial charge >= 0.3 is 0 Å². The largest absolute Gasteiger partial charge is 0.378 e. The normalized spacial score (nSPS) is 30.2. The van der Waals surface area contributed by atoms with Gasteiger partial charge in [-0.3, -0.25) is 0 Å². The number of ether oxygens (including phenoxy) is 1. The van der Waals surface area contributed by atoms with Gasteiger partial charge in [0.05, 0.1) is 6.10 Å². The maximum Gasteiger partial charge on any atom is 0.0550 e. The minimum atomic E-state index is 0.465. The summed E-state index contributed by atoms with van der Waals surface area (Å²) in [6.07, 6.45) is 5.53. The Morgan fingerprint density at radius 2 is 2.21 bits per heavy atom. The van der Waals surface area contributed by atoms with Gasteiger partial charge in [-0.05, 0) is 38.6 Å². The lowest BCUT2D eigenvalue weighted by atomic mass is 9.86. The van der Waals surface area contributed by atoms with Crippen molar-refractivity contribution >= 4 is 0 Å². The molecule has 0 amide bonds. The lowest BCUT2D eigenvalue weighted by Crippen LogP contribution is -2.40. The first-order valence-electron chi connectivity index (χ1n) is 6.12. The molecule has 1 rings (SSSR count). The van der Waals surface area contributed by atoms with Crippen LogP contribution in [-0.4, -0.2) is 25.3 Å². The van der Waals surface area contributed by atoms with Crippen LogP contribution in [0.2, 0.25) is 0 Å². The van der Waals surface area contributed by atoms with Crippen LogP contribution in [0, 0.1) is 5.92 Å². The molecule has 0 aromatic carbocycles. The van der Waals surface area contributed by atoms with E-state index in [1.807, 2.05) is 0 Å². The Hall–Kier alpha value is -0.0800. The molecular weight excluding hydrogens is 174 g/mol. The molecule has 1 saturated heterocycles. The van der Waals surface area contributed by atoms with Crippen LogP contribution in [0.15, 0.2) is 0 Å². The molecule has 0 aliphatic carbocycles. The van der Waals surface area contributed by atoms with Gasteiger partial charge in [0, 0.05) is 12.6 Å². The van der Waals surface area contributed by atoms with E-state index in [9.17, 15) is 0 Å². The van der Waals surface area contributed by atoms with Crippen LogP contribution in [-0.2, 0) is 4.74 Å². The fraction of sp³-hybridized carbons (Fsp3) is 1.00. The van der Waals surface area contributed by atoms with Gasteiger partial charge < -0.3 is 10.1 Å². The summed E-state index contributed by atoms with van der Waals surface area (Å²) in [5, 5.41) is 3.62. The van der Waals surface area contributed by atoms with Gasteiger partial charge in [-0.2, -0.15) is 0 Å². The molecule has 1 aliphatic rings. The molecule has 1 heterocycles. The van der Waals surface area contributed by atoms with Crippen molar-refractivity contribution in [2.45, 2.75) is 58.6 Å². The third kappa shape index (κ3) is 3.58. The fourth-order valence-corrected chi connectivity index (χ4v) is 2.48. The molecule has 2 heteroatoms. The summed E-state index contributed by atoms with van der Waals surface area (Å²) in [5.41, 5.74) is 0. The number of hydrogen-bond donors (Lipinski definition) is 1. The third-order valence-electron chi connectivity index (χ3n) is 3.16. The first-order valence-corrected chi connectivity index (χ1v) is 6.12. The highest BCUT2D eigenvalue weighted by atomic mass is 16.5. The standard InChI is InChI=1S/C12H25NO/c1-4-6-12(13-5-2)11-7-8-14-10(3)9-11/h10-13H,4-9H2,1-3H3. The van der Waals surface area contributed by atoms with E-state index in [1.165, 1.54) is 25.7 Å². The average Bonchev–Trinajstić information content (AvgIpc) is 2.17. The maximum absolute atomic E-state index is 5.59. The van der Waals surface area contributed by atoms with Crippen molar-refractivity contribution in [2.75, 3.05) is 13.2 Å². The molecule has 3 unspecified atom stereocenters. The second-order valence-corrected chi connectivity index (χ2v) is 4.42. The Morgan fingerprint density at radius 3 is 2.79 bits per heavy atom. The molecule has 1 N–H and O–H groups in total. The summed E-state index contributed by atoms with van der Waals surface area (Å²) in [6.45, 7) is 8.72. The minimum Gasteiger partial charge on any atom is -0.378 e. The van der Waals surface area contributed by atoms with Gasteiger partial charge in [0.2, 0.25) is 0 Å². The van der Waals surface area contributed by atoms with Crippen molar-refractivity contribution in [3.63, 3.8) is 0 Å². The first-order chi connectivity index (χ1) is 6.77. The highest BCUT2D eigenvalue weighted by molar-refractivity contribution is 4.80. The van der Waals surface area contributed by atoms with Gasteiger partial charge in [0.25, 0.3) is 0 Å². The maximum atomic E-state index is 5.59. The molecule has 84 valence electrons. The van der Waals surface area contributed by atoms with Gasteiger partial charge in [-0.1, -0.05) is 20.3 Å². The quantitative estimate of drug-likeness (QED) is 0.735. The third-order valence-corrected chi connectivity index (χ3v) is 3.16. The molecule has 0 saturated carbocycles. The Bertz CT molecular complexity index is 141. The highest BCUT2D eigenvalue weighted by Gasteiger charge is 2.25. The van der Waals surface area contributed by atoms with E-state index in [-0.39, 0.29) is 0 Å². The van der Waals surface area contributed by atoms with Crippen molar-refractivity contribution in [3.05, 3.63) is 0 Å². The molecule has 2 nitrogen and oxygen atoms in total. The molecule has 0 aromatic heterocycles. The van der Waals surface area contributed by atoms with Crippen LogP contribution in [0.1, 0.15) is 46.5 Å². The Morgan fingerprint density at radius 1 is 1.43 bits per heavy atom. The van der Waals surface area contributed by atoms with Crippen LogP contribution in [0.3, 0.4) is 0 Å². The zero-order valence-electron chi connectivity index (χ0n) is 9.88. The van der Waals surface area contributed by atoms with Crippen molar-refractivity contribution in [1.82, 2.24) is 5.32 Å². The molecule has 0 radical (unpaired) electrons. The monoisotopic (exact) mass is 199 g/mol. The summed E-state index contributed by atoms with van der Waals surface area (Å²) in [7, 11) is 0. The van der Waals surface area contributed by atoms with Crippen LogP contribution in [0.4, 0.5) is 0 Å². The van der Waals surface area contributed by atoms with E-state index < -0.39 is 0 Å². The molecule has 1 aliphatic heterocycles. The van der Waals surface area contributed by atoms with E-state index in [2.05, 4.69) is 26.1 Å². The van der Waals surface area contributed by atoms with Gasteiger partial charge in [0.1, 0.15) is 0 Å². The van der Waals surface area contributed by atoms with Crippen molar-refractivity contribution < 1.29 is 4.74 Å². The summed E-state index contributed by atoms with van der Waals surface area (Å²) in [5.74, 6) is 0.832. The predicted octanol–water partition coefficient (Wildman–Crippen LogP) is 2.58.